The number of benzene rings is 1. The van der Waals surface area contributed by atoms with Gasteiger partial charge in [-0.1, -0.05) is 24.3 Å². The monoisotopic (exact) mass is 501 g/mol. The van der Waals surface area contributed by atoms with Gasteiger partial charge in [-0.05, 0) is 17.7 Å². The minimum Gasteiger partial charge on any atom is -0.333 e. The number of fused-ring (bicyclic) bond motifs is 1. The van der Waals surface area contributed by atoms with Crippen molar-refractivity contribution in [3.8, 4) is 22.8 Å². The van der Waals surface area contributed by atoms with Crippen LogP contribution in [0.2, 0.25) is 0 Å². The second-order valence-electron chi connectivity index (χ2n) is 7.94. The van der Waals surface area contributed by atoms with Crippen molar-refractivity contribution in [3.05, 3.63) is 82.4 Å². The van der Waals surface area contributed by atoms with Gasteiger partial charge in [-0.3, -0.25) is 9.55 Å². The van der Waals surface area contributed by atoms with E-state index in [2.05, 4.69) is 24.9 Å². The van der Waals surface area contributed by atoms with Gasteiger partial charge >= 0.3 is 11.9 Å². The molecule has 0 atom stereocenters. The maximum Gasteiger partial charge on any atom is 0.434 e. The molecule has 0 saturated heterocycles. The Morgan fingerprint density at radius 2 is 1.81 bits per heavy atom. The number of rotatable bonds is 5. The fourth-order valence-corrected chi connectivity index (χ4v) is 3.82. The van der Waals surface area contributed by atoms with Crippen LogP contribution in [0.25, 0.3) is 33.9 Å². The lowest BCUT2D eigenvalue weighted by Crippen LogP contribution is -2.17. The number of aryl methyl sites for hydroxylation is 1. The maximum absolute atomic E-state index is 13.4. The molecule has 4 heterocycles. The number of imidazole rings is 2. The Balaban J connectivity index is 1.48. The van der Waals surface area contributed by atoms with E-state index in [1.165, 1.54) is 40.7 Å². The molecule has 0 fully saturated rings. The van der Waals surface area contributed by atoms with Crippen LogP contribution in [0.1, 0.15) is 23.4 Å². The topological polar surface area (TPSA) is 94.3 Å². The average Bonchev–Trinajstić information content (AvgIpc) is 3.39. The number of hydrogen-bond acceptors (Lipinski definition) is 5. The number of halogens is 5. The molecule has 5 rings (SSSR count). The van der Waals surface area contributed by atoms with Gasteiger partial charge in [-0.2, -0.15) is 13.2 Å². The third-order valence-corrected chi connectivity index (χ3v) is 5.52. The molecule has 0 saturated carbocycles. The van der Waals surface area contributed by atoms with Gasteiger partial charge in [-0.15, -0.1) is 0 Å². The Bertz CT molecular complexity index is 1620. The third kappa shape index (κ3) is 4.23. The van der Waals surface area contributed by atoms with E-state index >= 15 is 0 Å². The van der Waals surface area contributed by atoms with Gasteiger partial charge in [0, 0.05) is 30.6 Å². The number of hydrogen-bond donors (Lipinski definition) is 1. The van der Waals surface area contributed by atoms with Crippen LogP contribution in [0.5, 0.6) is 0 Å². The second kappa shape index (κ2) is 8.66. The van der Waals surface area contributed by atoms with Gasteiger partial charge in [0.25, 0.3) is 6.43 Å². The minimum atomic E-state index is -4.56. The molecule has 5 aromatic rings. The van der Waals surface area contributed by atoms with Crippen LogP contribution in [-0.2, 0) is 19.8 Å². The first-order chi connectivity index (χ1) is 17.1. The summed E-state index contributed by atoms with van der Waals surface area (Å²) in [7, 11) is 1.47. The molecule has 0 bridgehead atoms. The lowest BCUT2D eigenvalue weighted by Gasteiger charge is -2.08. The zero-order valence-electron chi connectivity index (χ0n) is 18.5. The van der Waals surface area contributed by atoms with Crippen LogP contribution >= 0.6 is 0 Å². The fourth-order valence-electron chi connectivity index (χ4n) is 3.82. The molecule has 8 nitrogen and oxygen atoms in total. The second-order valence-corrected chi connectivity index (χ2v) is 7.94. The Labute approximate surface area is 199 Å². The quantitative estimate of drug-likeness (QED) is 0.356. The van der Waals surface area contributed by atoms with Crippen LogP contribution in [0, 0.1) is 0 Å². The van der Waals surface area contributed by atoms with E-state index in [-0.39, 0.29) is 29.4 Å². The summed E-state index contributed by atoms with van der Waals surface area (Å²) in [6.07, 6.45) is -3.90. The van der Waals surface area contributed by atoms with Gasteiger partial charge in [0.2, 0.25) is 0 Å². The standard InChI is InChI=1S/C23H16F5N7O/c1-34-11-16(23(26,27)28)32-20(34)13-6-4-12(5-7-13)10-35-21-15(31-22(35)36)9-30-19(33-21)14-3-2-8-29-17(14)18(24)25/h2-9,11,18H,10H2,1H3,(H,31,36). The summed E-state index contributed by atoms with van der Waals surface area (Å²) in [4.78, 5) is 31.0. The first kappa shape index (κ1) is 23.3. The van der Waals surface area contributed by atoms with Gasteiger partial charge < -0.3 is 9.55 Å². The highest BCUT2D eigenvalue weighted by atomic mass is 19.4. The van der Waals surface area contributed by atoms with E-state index in [1.807, 2.05) is 0 Å². The lowest BCUT2D eigenvalue weighted by atomic mass is 10.1. The van der Waals surface area contributed by atoms with Crippen molar-refractivity contribution in [1.29, 1.82) is 0 Å². The number of H-pyrrole nitrogens is 1. The largest absolute Gasteiger partial charge is 0.434 e. The predicted octanol–water partition coefficient (Wildman–Crippen LogP) is 4.59. The summed E-state index contributed by atoms with van der Waals surface area (Å²) < 4.78 is 68.3. The molecular weight excluding hydrogens is 485 g/mol. The molecular formula is C23H16F5N7O. The summed E-state index contributed by atoms with van der Waals surface area (Å²) >= 11 is 0. The summed E-state index contributed by atoms with van der Waals surface area (Å²) in [6.45, 7) is 0.0681. The molecule has 13 heteroatoms. The lowest BCUT2D eigenvalue weighted by molar-refractivity contribution is -0.140. The van der Waals surface area contributed by atoms with Crippen LogP contribution in [0.15, 0.2) is 59.8 Å². The van der Waals surface area contributed by atoms with Gasteiger partial charge in [0.05, 0.1) is 12.7 Å². The van der Waals surface area contributed by atoms with Crippen molar-refractivity contribution in [2.45, 2.75) is 19.1 Å². The predicted molar refractivity (Wildman–Crippen MR) is 119 cm³/mol. The zero-order chi connectivity index (χ0) is 25.6. The summed E-state index contributed by atoms with van der Waals surface area (Å²) in [5.74, 6) is 0.131. The molecule has 0 aliphatic carbocycles. The number of aromatic amines is 1. The van der Waals surface area contributed by atoms with Crippen molar-refractivity contribution < 1.29 is 22.0 Å². The number of aromatic nitrogens is 7. The summed E-state index contributed by atoms with van der Waals surface area (Å²) in [6, 6.07) is 9.41. The van der Waals surface area contributed by atoms with E-state index in [4.69, 9.17) is 0 Å². The molecule has 0 aliphatic heterocycles. The molecule has 1 aromatic carbocycles. The van der Waals surface area contributed by atoms with Crippen molar-refractivity contribution in [2.75, 3.05) is 0 Å². The van der Waals surface area contributed by atoms with E-state index in [9.17, 15) is 26.7 Å². The maximum atomic E-state index is 13.4. The number of nitrogens with zero attached hydrogens (tertiary/aromatic N) is 6. The Hall–Kier alpha value is -4.42. The minimum absolute atomic E-state index is 0.00995. The molecule has 0 spiro atoms. The summed E-state index contributed by atoms with van der Waals surface area (Å²) in [5.41, 5.74) is -0.265. The van der Waals surface area contributed by atoms with E-state index in [0.29, 0.717) is 16.6 Å². The zero-order valence-corrected chi connectivity index (χ0v) is 18.5. The van der Waals surface area contributed by atoms with Crippen molar-refractivity contribution in [2.24, 2.45) is 7.05 Å². The molecule has 4 aromatic heterocycles. The van der Waals surface area contributed by atoms with Crippen LogP contribution < -0.4 is 5.69 Å². The van der Waals surface area contributed by atoms with Crippen molar-refractivity contribution >= 4 is 11.2 Å². The summed E-state index contributed by atoms with van der Waals surface area (Å²) in [5, 5.41) is 0. The van der Waals surface area contributed by atoms with Crippen LogP contribution in [0.4, 0.5) is 22.0 Å². The molecule has 1 N–H and O–H groups in total. The van der Waals surface area contributed by atoms with Crippen molar-refractivity contribution in [3.63, 3.8) is 0 Å². The number of nitrogens with one attached hydrogen (secondary N) is 1. The SMILES string of the molecule is Cn1cc(C(F)(F)F)nc1-c1ccc(Cn2c(=O)[nH]c3cnc(-c4cccnc4C(F)F)nc32)cc1. The van der Waals surface area contributed by atoms with E-state index in [1.54, 1.807) is 24.3 Å². The highest BCUT2D eigenvalue weighted by Crippen LogP contribution is 2.31. The highest BCUT2D eigenvalue weighted by Gasteiger charge is 2.34. The fraction of sp³-hybridized carbons (Fsp3) is 0.174. The van der Waals surface area contributed by atoms with Crippen LogP contribution in [-0.4, -0.2) is 34.1 Å². The highest BCUT2D eigenvalue weighted by molar-refractivity contribution is 5.73. The van der Waals surface area contributed by atoms with Gasteiger partial charge in [-0.25, -0.2) is 28.5 Å². The smallest absolute Gasteiger partial charge is 0.333 e. The number of alkyl halides is 5. The molecule has 0 unspecified atom stereocenters. The third-order valence-electron chi connectivity index (χ3n) is 5.52. The normalized spacial score (nSPS) is 12.1. The molecule has 184 valence electrons. The molecule has 0 aliphatic rings. The first-order valence-corrected chi connectivity index (χ1v) is 10.5. The first-order valence-electron chi connectivity index (χ1n) is 10.5. The van der Waals surface area contributed by atoms with Crippen LogP contribution in [0.3, 0.4) is 0 Å². The number of pyridine rings is 1. The Morgan fingerprint density at radius 1 is 1.06 bits per heavy atom. The average molecular weight is 501 g/mol. The van der Waals surface area contributed by atoms with Gasteiger partial charge in [0.1, 0.15) is 17.0 Å². The molecule has 0 radical (unpaired) electrons. The van der Waals surface area contributed by atoms with Gasteiger partial charge in [0.15, 0.2) is 17.2 Å². The Kier molecular flexibility index (Phi) is 5.61. The Morgan fingerprint density at radius 3 is 2.47 bits per heavy atom. The molecule has 0 amide bonds. The van der Waals surface area contributed by atoms with E-state index < -0.39 is 29.7 Å². The van der Waals surface area contributed by atoms with E-state index in [0.717, 1.165) is 6.20 Å². The van der Waals surface area contributed by atoms with Crippen molar-refractivity contribution in [1.82, 2.24) is 34.1 Å². The molecule has 36 heavy (non-hydrogen) atoms.